The zero-order valence-corrected chi connectivity index (χ0v) is 15.9. The van der Waals surface area contributed by atoms with E-state index in [9.17, 15) is 4.79 Å². The summed E-state index contributed by atoms with van der Waals surface area (Å²) >= 11 is 0. The highest BCUT2D eigenvalue weighted by Crippen LogP contribution is 2.32. The highest BCUT2D eigenvalue weighted by molar-refractivity contribution is 6.12. The maximum Gasteiger partial charge on any atom is 0.237 e. The predicted molar refractivity (Wildman–Crippen MR) is 112 cm³/mol. The summed E-state index contributed by atoms with van der Waals surface area (Å²) in [7, 11) is 0. The SMILES string of the molecule is Cc1cc(N=CC2C(=O)Nc3ccccc32)ccc1N1CCCCCCC1. The van der Waals surface area contributed by atoms with Crippen LogP contribution in [0.5, 0.6) is 0 Å². The van der Waals surface area contributed by atoms with E-state index in [1.54, 1.807) is 6.21 Å². The molecule has 4 nitrogen and oxygen atoms in total. The smallest absolute Gasteiger partial charge is 0.237 e. The number of para-hydroxylation sites is 1. The quantitative estimate of drug-likeness (QED) is 0.763. The Bertz CT molecular complexity index is 850. The number of nitrogens with zero attached hydrogens (tertiary/aromatic N) is 2. The van der Waals surface area contributed by atoms with Gasteiger partial charge in [0.15, 0.2) is 0 Å². The molecule has 1 amide bonds. The number of aryl methyl sites for hydroxylation is 1. The van der Waals surface area contributed by atoms with Gasteiger partial charge >= 0.3 is 0 Å². The molecular weight excluding hydrogens is 334 g/mol. The number of hydrogen-bond acceptors (Lipinski definition) is 3. The Morgan fingerprint density at radius 1 is 1.04 bits per heavy atom. The van der Waals surface area contributed by atoms with E-state index in [1.807, 2.05) is 24.3 Å². The fourth-order valence-corrected chi connectivity index (χ4v) is 4.11. The molecule has 2 aliphatic heterocycles. The standard InChI is InChI=1S/C23H27N3O/c1-17-15-18(11-12-22(17)26-13-7-3-2-4-8-14-26)24-16-20-19-9-5-6-10-21(19)25-23(20)27/h5-6,9-12,15-16,20H,2-4,7-8,13-14H2,1H3,(H,25,27). The van der Waals surface area contributed by atoms with E-state index >= 15 is 0 Å². The van der Waals surface area contributed by atoms with Crippen molar-refractivity contribution < 1.29 is 4.79 Å². The zero-order chi connectivity index (χ0) is 18.6. The van der Waals surface area contributed by atoms with Gasteiger partial charge in [0.2, 0.25) is 5.91 Å². The van der Waals surface area contributed by atoms with Crippen LogP contribution in [-0.2, 0) is 4.79 Å². The Balaban J connectivity index is 1.51. The van der Waals surface area contributed by atoms with Gasteiger partial charge in [0.25, 0.3) is 0 Å². The number of benzene rings is 2. The Kier molecular flexibility index (Phi) is 5.23. The Labute approximate surface area is 161 Å². The van der Waals surface area contributed by atoms with Gasteiger partial charge in [-0.3, -0.25) is 9.79 Å². The fourth-order valence-electron chi connectivity index (χ4n) is 4.11. The molecule has 27 heavy (non-hydrogen) atoms. The molecule has 0 bridgehead atoms. The average molecular weight is 361 g/mol. The second-order valence-electron chi connectivity index (χ2n) is 7.56. The number of aliphatic imine (C=N–C) groups is 1. The lowest BCUT2D eigenvalue weighted by Crippen LogP contribution is -2.27. The van der Waals surface area contributed by atoms with Crippen LogP contribution in [0.25, 0.3) is 0 Å². The van der Waals surface area contributed by atoms with E-state index < -0.39 is 0 Å². The average Bonchev–Trinajstić information content (AvgIpc) is 2.96. The summed E-state index contributed by atoms with van der Waals surface area (Å²) in [5, 5.41) is 2.92. The number of anilines is 2. The maximum atomic E-state index is 12.2. The minimum absolute atomic E-state index is 0.00563. The number of nitrogens with one attached hydrogen (secondary N) is 1. The molecule has 2 aromatic rings. The molecule has 1 saturated heterocycles. The van der Waals surface area contributed by atoms with E-state index in [4.69, 9.17) is 0 Å². The lowest BCUT2D eigenvalue weighted by atomic mass is 10.0. The van der Waals surface area contributed by atoms with Gasteiger partial charge in [-0.2, -0.15) is 0 Å². The first-order valence-corrected chi connectivity index (χ1v) is 10.0. The van der Waals surface area contributed by atoms with E-state index in [0.29, 0.717) is 0 Å². The molecule has 1 fully saturated rings. The monoisotopic (exact) mass is 361 g/mol. The first-order valence-electron chi connectivity index (χ1n) is 10.0. The van der Waals surface area contributed by atoms with Gasteiger partial charge in [-0.15, -0.1) is 0 Å². The summed E-state index contributed by atoms with van der Waals surface area (Å²) < 4.78 is 0. The van der Waals surface area contributed by atoms with Crippen molar-refractivity contribution >= 4 is 29.2 Å². The second-order valence-corrected chi connectivity index (χ2v) is 7.56. The summed E-state index contributed by atoms with van der Waals surface area (Å²) in [4.78, 5) is 19.4. The van der Waals surface area contributed by atoms with Crippen LogP contribution in [0.1, 0.15) is 49.1 Å². The molecule has 140 valence electrons. The third-order valence-electron chi connectivity index (χ3n) is 5.59. The number of amides is 1. The number of carbonyl (C=O) groups is 1. The second kappa shape index (κ2) is 7.95. The van der Waals surface area contributed by atoms with Gasteiger partial charge in [-0.25, -0.2) is 0 Å². The zero-order valence-electron chi connectivity index (χ0n) is 15.9. The topological polar surface area (TPSA) is 44.7 Å². The number of carbonyl (C=O) groups excluding carboxylic acids is 1. The molecule has 0 aromatic heterocycles. The minimum Gasteiger partial charge on any atom is -0.371 e. The van der Waals surface area contributed by atoms with E-state index in [2.05, 4.69) is 40.3 Å². The summed E-state index contributed by atoms with van der Waals surface area (Å²) in [6, 6.07) is 14.2. The molecule has 2 aliphatic rings. The van der Waals surface area contributed by atoms with Crippen molar-refractivity contribution in [3.8, 4) is 0 Å². The molecule has 0 saturated carbocycles. The number of hydrogen-bond donors (Lipinski definition) is 1. The molecule has 0 aliphatic carbocycles. The lowest BCUT2D eigenvalue weighted by molar-refractivity contribution is -0.115. The third kappa shape index (κ3) is 3.90. The van der Waals surface area contributed by atoms with Gasteiger partial charge < -0.3 is 10.2 Å². The van der Waals surface area contributed by atoms with Gasteiger partial charge in [-0.1, -0.05) is 37.5 Å². The first kappa shape index (κ1) is 17.8. The number of rotatable bonds is 3. The molecular formula is C23H27N3O. The summed E-state index contributed by atoms with van der Waals surface area (Å²) in [5.41, 5.74) is 5.37. The molecule has 2 aromatic carbocycles. The van der Waals surface area contributed by atoms with Gasteiger partial charge in [-0.05, 0) is 55.2 Å². The van der Waals surface area contributed by atoms with Crippen molar-refractivity contribution in [3.05, 3.63) is 53.6 Å². The van der Waals surface area contributed by atoms with Crippen molar-refractivity contribution in [1.82, 2.24) is 0 Å². The van der Waals surface area contributed by atoms with Crippen molar-refractivity contribution in [1.29, 1.82) is 0 Å². The van der Waals surface area contributed by atoms with Gasteiger partial charge in [0, 0.05) is 30.7 Å². The lowest BCUT2D eigenvalue weighted by Gasteiger charge is -2.28. The summed E-state index contributed by atoms with van der Waals surface area (Å²) in [6.45, 7) is 4.44. The summed E-state index contributed by atoms with van der Waals surface area (Å²) in [5.74, 6) is -0.315. The molecule has 2 heterocycles. The van der Waals surface area contributed by atoms with E-state index in [0.717, 1.165) is 30.0 Å². The molecule has 1 N–H and O–H groups in total. The normalized spacial score (nSPS) is 20.3. The predicted octanol–water partition coefficient (Wildman–Crippen LogP) is 5.20. The first-order chi connectivity index (χ1) is 13.2. The maximum absolute atomic E-state index is 12.2. The van der Waals surface area contributed by atoms with Gasteiger partial charge in [0.05, 0.1) is 5.69 Å². The van der Waals surface area contributed by atoms with Crippen LogP contribution in [0.2, 0.25) is 0 Å². The summed E-state index contributed by atoms with van der Waals surface area (Å²) in [6.07, 6.45) is 8.36. The van der Waals surface area contributed by atoms with E-state index in [-0.39, 0.29) is 11.8 Å². The third-order valence-corrected chi connectivity index (χ3v) is 5.59. The highest BCUT2D eigenvalue weighted by atomic mass is 16.2. The molecule has 4 heteroatoms. The fraction of sp³-hybridized carbons (Fsp3) is 0.391. The van der Waals surface area contributed by atoms with Gasteiger partial charge in [0.1, 0.15) is 5.92 Å². The molecule has 0 radical (unpaired) electrons. The van der Waals surface area contributed by atoms with Crippen LogP contribution < -0.4 is 10.2 Å². The van der Waals surface area contributed by atoms with Crippen molar-refractivity contribution in [3.63, 3.8) is 0 Å². The van der Waals surface area contributed by atoms with Crippen LogP contribution >= 0.6 is 0 Å². The van der Waals surface area contributed by atoms with Crippen molar-refractivity contribution in [2.75, 3.05) is 23.3 Å². The number of fused-ring (bicyclic) bond motifs is 1. The molecule has 1 unspecified atom stereocenters. The Morgan fingerprint density at radius 2 is 1.78 bits per heavy atom. The van der Waals surface area contributed by atoms with Crippen LogP contribution in [0, 0.1) is 6.92 Å². The Hall–Kier alpha value is -2.62. The van der Waals surface area contributed by atoms with E-state index in [1.165, 1.54) is 43.4 Å². The largest absolute Gasteiger partial charge is 0.371 e. The van der Waals surface area contributed by atoms with Crippen molar-refractivity contribution in [2.45, 2.75) is 44.9 Å². The molecule has 0 spiro atoms. The Morgan fingerprint density at radius 3 is 2.56 bits per heavy atom. The van der Waals surface area contributed by atoms with Crippen LogP contribution in [0.3, 0.4) is 0 Å². The van der Waals surface area contributed by atoms with Crippen LogP contribution in [0.15, 0.2) is 47.5 Å². The van der Waals surface area contributed by atoms with Crippen LogP contribution in [0.4, 0.5) is 17.1 Å². The highest BCUT2D eigenvalue weighted by Gasteiger charge is 2.28. The minimum atomic E-state index is -0.310. The molecule has 1 atom stereocenters. The van der Waals surface area contributed by atoms with Crippen molar-refractivity contribution in [2.24, 2.45) is 4.99 Å². The van der Waals surface area contributed by atoms with Crippen LogP contribution in [-0.4, -0.2) is 25.2 Å². The molecule has 4 rings (SSSR count).